The summed E-state index contributed by atoms with van der Waals surface area (Å²) < 4.78 is 33.2. The lowest BCUT2D eigenvalue weighted by atomic mass is 10.1. The first-order chi connectivity index (χ1) is 27.3. The molecular weight excluding hydrogens is 727 g/mol. The van der Waals surface area contributed by atoms with Crippen molar-refractivity contribution in [3.8, 4) is 0 Å². The van der Waals surface area contributed by atoms with Crippen LogP contribution in [0.15, 0.2) is 109 Å². The van der Waals surface area contributed by atoms with Gasteiger partial charge in [0.1, 0.15) is 12.2 Å². The number of unbranched alkanes of at least 4 members (excludes halogenated alkanes) is 6. The molecule has 0 saturated heterocycles. The number of carbonyl (C=O) groups is 1. The number of esters is 1. The van der Waals surface area contributed by atoms with Gasteiger partial charge >= 0.3 is 13.8 Å². The van der Waals surface area contributed by atoms with E-state index in [-0.39, 0.29) is 13.0 Å². The highest BCUT2D eigenvalue weighted by molar-refractivity contribution is 7.47. The summed E-state index contributed by atoms with van der Waals surface area (Å²) >= 11 is 0. The summed E-state index contributed by atoms with van der Waals surface area (Å²) in [7, 11) is -4.55. The van der Waals surface area contributed by atoms with Crippen LogP contribution in [-0.2, 0) is 27.9 Å². The van der Waals surface area contributed by atoms with Crippen molar-refractivity contribution in [1.29, 1.82) is 0 Å². The van der Waals surface area contributed by atoms with Crippen molar-refractivity contribution in [1.82, 2.24) is 0 Å². The van der Waals surface area contributed by atoms with Crippen molar-refractivity contribution in [2.24, 2.45) is 0 Å². The van der Waals surface area contributed by atoms with Crippen molar-refractivity contribution >= 4 is 13.8 Å². The molecule has 0 spiro atoms. The van der Waals surface area contributed by atoms with Crippen molar-refractivity contribution in [2.75, 3.05) is 33.0 Å². The second-order valence-electron chi connectivity index (χ2n) is 13.2. The molecule has 0 rings (SSSR count). The van der Waals surface area contributed by atoms with Gasteiger partial charge in [0.2, 0.25) is 0 Å². The predicted octanol–water partition coefficient (Wildman–Crippen LogP) is 11.5. The Kier molecular flexibility index (Phi) is 39.6. The maximum atomic E-state index is 12.6. The molecule has 0 aromatic rings. The van der Waals surface area contributed by atoms with Gasteiger partial charge in [0, 0.05) is 6.42 Å². The molecule has 3 N–H and O–H groups in total. The van der Waals surface area contributed by atoms with E-state index in [1.165, 1.54) is 0 Å². The Labute approximate surface area is 340 Å². The highest BCUT2D eigenvalue weighted by Crippen LogP contribution is 2.43. The SMILES string of the molecule is CC/C=C\C/C=C\C/C=C\C/C=C\C/C=C\CCOCC(COP(=O)(O)OCC(O)CO)OC(=O)CCCCCCCC/C=C\C/C=C\C/C=C\C/C=C\CC. The summed E-state index contributed by atoms with van der Waals surface area (Å²) in [6.45, 7) is 3.00. The molecular formula is C46H75O9P. The first-order valence-electron chi connectivity index (χ1n) is 20.9. The number of ether oxygens (including phenoxy) is 2. The van der Waals surface area contributed by atoms with Gasteiger partial charge in [0.05, 0.1) is 33.0 Å². The van der Waals surface area contributed by atoms with Crippen molar-refractivity contribution in [2.45, 2.75) is 142 Å². The second kappa shape index (κ2) is 41.7. The third kappa shape index (κ3) is 40.8. The van der Waals surface area contributed by atoms with Crippen LogP contribution in [0.25, 0.3) is 0 Å². The Bertz CT molecular complexity index is 1230. The highest BCUT2D eigenvalue weighted by atomic mass is 31.2. The van der Waals surface area contributed by atoms with Crippen LogP contribution < -0.4 is 0 Å². The summed E-state index contributed by atoms with van der Waals surface area (Å²) in [6, 6.07) is 0. The Morgan fingerprint density at radius 3 is 1.45 bits per heavy atom. The number of hydrogen-bond donors (Lipinski definition) is 3. The monoisotopic (exact) mass is 803 g/mol. The van der Waals surface area contributed by atoms with Gasteiger partial charge in [0.25, 0.3) is 0 Å². The third-order valence-corrected chi connectivity index (χ3v) is 8.92. The zero-order chi connectivity index (χ0) is 41.1. The number of carbonyl (C=O) groups excluding carboxylic acids is 1. The van der Waals surface area contributed by atoms with Crippen LogP contribution in [0.3, 0.4) is 0 Å². The number of aliphatic hydroxyl groups is 2. The summed E-state index contributed by atoms with van der Waals surface area (Å²) in [5.41, 5.74) is 0. The first-order valence-corrected chi connectivity index (χ1v) is 22.4. The van der Waals surface area contributed by atoms with Gasteiger partial charge in [-0.3, -0.25) is 13.8 Å². The fraction of sp³-hybridized carbons (Fsp3) is 0.587. The fourth-order valence-electron chi connectivity index (χ4n) is 4.88. The Morgan fingerprint density at radius 1 is 0.554 bits per heavy atom. The van der Waals surface area contributed by atoms with Crippen molar-refractivity contribution in [3.05, 3.63) is 109 Å². The van der Waals surface area contributed by atoms with Crippen LogP contribution in [-0.4, -0.2) is 66.3 Å². The summed E-state index contributed by atoms with van der Waals surface area (Å²) in [4.78, 5) is 22.6. The molecule has 56 heavy (non-hydrogen) atoms. The van der Waals surface area contributed by atoms with Gasteiger partial charge in [-0.25, -0.2) is 4.57 Å². The lowest BCUT2D eigenvalue weighted by molar-refractivity contribution is -0.154. The average Bonchev–Trinajstić information content (AvgIpc) is 3.19. The minimum Gasteiger partial charge on any atom is -0.457 e. The zero-order valence-electron chi connectivity index (χ0n) is 34.5. The van der Waals surface area contributed by atoms with E-state index in [1.807, 2.05) is 6.08 Å². The second-order valence-corrected chi connectivity index (χ2v) is 14.7. The molecule has 9 nitrogen and oxygen atoms in total. The molecule has 0 aliphatic rings. The smallest absolute Gasteiger partial charge is 0.457 e. The Hall–Kier alpha value is -2.88. The van der Waals surface area contributed by atoms with Crippen molar-refractivity contribution in [3.63, 3.8) is 0 Å². The molecule has 0 heterocycles. The van der Waals surface area contributed by atoms with Crippen LogP contribution >= 0.6 is 7.82 Å². The molecule has 3 unspecified atom stereocenters. The number of phosphoric ester groups is 1. The van der Waals surface area contributed by atoms with E-state index in [0.29, 0.717) is 19.4 Å². The first kappa shape index (κ1) is 53.1. The highest BCUT2D eigenvalue weighted by Gasteiger charge is 2.26. The molecule has 0 saturated carbocycles. The van der Waals surface area contributed by atoms with Gasteiger partial charge in [-0.15, -0.1) is 0 Å². The summed E-state index contributed by atoms with van der Waals surface area (Å²) in [5.74, 6) is -0.427. The number of phosphoric acid groups is 1. The topological polar surface area (TPSA) is 132 Å². The zero-order valence-corrected chi connectivity index (χ0v) is 35.4. The minimum atomic E-state index is -4.55. The van der Waals surface area contributed by atoms with E-state index < -0.39 is 45.8 Å². The fourth-order valence-corrected chi connectivity index (χ4v) is 5.67. The maximum Gasteiger partial charge on any atom is 0.472 e. The minimum absolute atomic E-state index is 0.0189. The van der Waals surface area contributed by atoms with E-state index >= 15 is 0 Å². The Balaban J connectivity index is 4.36. The number of aliphatic hydroxyl groups excluding tert-OH is 2. The van der Waals surface area contributed by atoms with Gasteiger partial charge in [0.15, 0.2) is 0 Å². The quantitative estimate of drug-likeness (QED) is 0.0241. The standard InChI is InChI=1S/C46H75O9P/c1-3-5-7-9-11-13-15-17-19-21-22-23-24-26-28-30-32-34-36-38-46(49)55-45(43-54-56(50,51)53-41-44(48)40-47)42-52-39-37-35-33-31-29-27-25-20-18-16-14-12-10-8-6-4-2/h5-8,11-14,17-20,22-23,27,29,33,35,44-45,47-48H,3-4,9-10,15-16,21,24-26,28,30-32,34,36-43H2,1-2H3,(H,50,51)/b7-5-,8-6-,13-11-,14-12-,19-17-,20-18-,23-22-,29-27-,35-33-. The summed E-state index contributed by atoms with van der Waals surface area (Å²) in [5, 5.41) is 18.3. The van der Waals surface area contributed by atoms with E-state index in [4.69, 9.17) is 23.6 Å². The van der Waals surface area contributed by atoms with Gasteiger partial charge in [-0.2, -0.15) is 0 Å². The average molecular weight is 803 g/mol. The van der Waals surface area contributed by atoms with Crippen LogP contribution in [0.4, 0.5) is 0 Å². The largest absolute Gasteiger partial charge is 0.472 e. The number of rotatable bonds is 38. The number of allylic oxidation sites excluding steroid dienone is 17. The van der Waals surface area contributed by atoms with Crippen molar-refractivity contribution < 1.29 is 43.0 Å². The molecule has 10 heteroatoms. The molecule has 318 valence electrons. The lowest BCUT2D eigenvalue weighted by Crippen LogP contribution is -2.29. The van der Waals surface area contributed by atoms with Gasteiger partial charge in [-0.1, -0.05) is 149 Å². The lowest BCUT2D eigenvalue weighted by Gasteiger charge is -2.20. The molecule has 0 bridgehead atoms. The third-order valence-electron chi connectivity index (χ3n) is 7.97. The molecule has 3 atom stereocenters. The molecule has 0 fully saturated rings. The van der Waals surface area contributed by atoms with E-state index in [2.05, 4.69) is 117 Å². The normalized spacial score (nSPS) is 15.2. The Morgan fingerprint density at radius 2 is 0.964 bits per heavy atom. The maximum absolute atomic E-state index is 12.6. The molecule has 0 aromatic heterocycles. The van der Waals surface area contributed by atoms with E-state index in [1.54, 1.807) is 0 Å². The van der Waals surface area contributed by atoms with E-state index in [9.17, 15) is 19.4 Å². The van der Waals surface area contributed by atoms with Crippen LogP contribution in [0, 0.1) is 0 Å². The summed E-state index contributed by atoms with van der Waals surface area (Å²) in [6.07, 6.45) is 53.5. The van der Waals surface area contributed by atoms with Crippen LogP contribution in [0.1, 0.15) is 129 Å². The molecule has 0 amide bonds. The van der Waals surface area contributed by atoms with E-state index in [0.717, 1.165) is 96.3 Å². The molecule has 0 aliphatic heterocycles. The molecule has 0 radical (unpaired) electrons. The van der Waals surface area contributed by atoms with Crippen LogP contribution in [0.2, 0.25) is 0 Å². The molecule has 0 aromatic carbocycles. The molecule has 0 aliphatic carbocycles. The van der Waals surface area contributed by atoms with Gasteiger partial charge < -0.3 is 24.6 Å². The number of hydrogen-bond acceptors (Lipinski definition) is 8. The van der Waals surface area contributed by atoms with Gasteiger partial charge in [-0.05, 0) is 83.5 Å². The van der Waals surface area contributed by atoms with Crippen LogP contribution in [0.5, 0.6) is 0 Å². The predicted molar refractivity (Wildman–Crippen MR) is 232 cm³/mol.